The smallest absolute Gasteiger partial charge is 0.386 e. The number of hydrogen-bond acceptors (Lipinski definition) is 16. The number of aryl methyl sites for hydroxylation is 2. The van der Waals surface area contributed by atoms with E-state index in [2.05, 4.69) is 37.5 Å². The van der Waals surface area contributed by atoms with Crippen LogP contribution >= 0.6 is 25.8 Å². The van der Waals surface area contributed by atoms with Gasteiger partial charge in [-0.15, -0.1) is 0 Å². The zero-order valence-corrected chi connectivity index (χ0v) is 30.1. The fraction of sp³-hybridized carbons (Fsp3) is 0.571. The molecule has 0 spiro atoms. The maximum Gasteiger partial charge on any atom is 0.386 e. The number of hydrogen-bond donors (Lipinski definition) is 6. The Kier molecular flexibility index (Phi) is 9.46. The third-order valence-corrected chi connectivity index (χ3v) is 12.6. The molecule has 0 amide bonds. The van der Waals surface area contributed by atoms with Gasteiger partial charge in [0.15, 0.2) is 6.23 Å². The van der Waals surface area contributed by atoms with Crippen molar-refractivity contribution in [1.29, 1.82) is 0 Å². The third-order valence-electron chi connectivity index (χ3n) is 9.38. The van der Waals surface area contributed by atoms with Crippen molar-refractivity contribution in [2.75, 3.05) is 37.4 Å². The second kappa shape index (κ2) is 13.6. The van der Waals surface area contributed by atoms with E-state index < -0.39 is 56.5 Å². The lowest BCUT2D eigenvalue weighted by Gasteiger charge is -2.26. The van der Waals surface area contributed by atoms with Gasteiger partial charge in [-0.1, -0.05) is 12.2 Å². The van der Waals surface area contributed by atoms with Crippen molar-refractivity contribution >= 4 is 71.3 Å². The van der Waals surface area contributed by atoms with Gasteiger partial charge in [-0.25, -0.2) is 24.5 Å². The topological polar surface area (TPSA) is 238 Å². The van der Waals surface area contributed by atoms with Crippen LogP contribution in [-0.4, -0.2) is 95.9 Å². The maximum atomic E-state index is 13.9. The van der Waals surface area contributed by atoms with Gasteiger partial charge < -0.3 is 54.4 Å². The summed E-state index contributed by atoms with van der Waals surface area (Å²) in [4.78, 5) is 28.8. The summed E-state index contributed by atoms with van der Waals surface area (Å²) < 4.78 is 53.5. The molecule has 4 aliphatic heterocycles. The summed E-state index contributed by atoms with van der Waals surface area (Å²) in [5.41, 5.74) is 15.0. The predicted octanol–water partition coefficient (Wildman–Crippen LogP) is 2.33. The van der Waals surface area contributed by atoms with Gasteiger partial charge in [-0.3, -0.25) is 9.05 Å². The predicted molar refractivity (Wildman–Crippen MR) is 187 cm³/mol. The Labute approximate surface area is 296 Å². The lowest BCUT2D eigenvalue weighted by molar-refractivity contribution is -0.0581. The normalized spacial score (nSPS) is 34.8. The first-order valence-corrected chi connectivity index (χ1v) is 21.5. The Bertz CT molecular complexity index is 2020. The zero-order valence-electron chi connectivity index (χ0n) is 26.6. The monoisotopic (exact) mass is 769 g/mol. The molecule has 0 radical (unpaired) electrons. The molecular weight excluding hydrogens is 732 g/mol. The van der Waals surface area contributed by atoms with Crippen molar-refractivity contribution in [2.45, 2.75) is 75.1 Å². The fourth-order valence-corrected chi connectivity index (χ4v) is 10.0. The second-order valence-corrected chi connectivity index (χ2v) is 18.3. The third kappa shape index (κ3) is 6.48. The molecule has 0 saturated carbocycles. The highest BCUT2D eigenvalue weighted by molar-refractivity contribution is 8.44. The highest BCUT2D eigenvalue weighted by Crippen LogP contribution is 2.58. The van der Waals surface area contributed by atoms with Crippen molar-refractivity contribution < 1.29 is 42.1 Å². The standard InChI is InChI=1S/C28H37N9O9P2S2/c29-5-1-3-14-9-37(26-20(14)24(30)32-12-34-26)28-23-22(38)18(44-28)11-42-47(39,49)45-16-7-19(43-17(16)10-41-48(40,50)46-23)36-8-15-4-2-6-31-25-21(15)27(36)35-13-33-25/h8-9,12-13,16-19,22-23,28,38H,1-7,10-11,29H2,(H,39,49)(H,40,50)(H2,30,32,34)(H,31,33,35)/t16-,17+,18+,19+,22+,23+,28+,47?,48?/m0/s1. The van der Waals surface area contributed by atoms with Gasteiger partial charge in [0.05, 0.1) is 30.1 Å². The molecule has 8 heterocycles. The Morgan fingerprint density at radius 2 is 1.80 bits per heavy atom. The molecule has 2 unspecified atom stereocenters. The summed E-state index contributed by atoms with van der Waals surface area (Å²) >= 11 is 9.70. The number of nitrogens with two attached hydrogens (primary N) is 2. The van der Waals surface area contributed by atoms with Crippen LogP contribution in [0, 0.1) is 0 Å². The average Bonchev–Trinajstić information content (AvgIpc) is 3.79. The van der Waals surface area contributed by atoms with E-state index in [9.17, 15) is 14.6 Å². The number of aliphatic hydroxyl groups is 1. The summed E-state index contributed by atoms with van der Waals surface area (Å²) in [6.45, 7) is -7.61. The maximum absolute atomic E-state index is 13.9. The van der Waals surface area contributed by atoms with Crippen LogP contribution in [0.2, 0.25) is 0 Å². The quantitative estimate of drug-likeness (QED) is 0.126. The number of nitrogens with one attached hydrogen (secondary N) is 1. The molecule has 4 aromatic heterocycles. The number of thiol groups is 1. The van der Waals surface area contributed by atoms with Crippen molar-refractivity contribution in [1.82, 2.24) is 29.1 Å². The van der Waals surface area contributed by atoms with Gasteiger partial charge >= 0.3 is 13.5 Å². The first-order chi connectivity index (χ1) is 24.0. The molecule has 4 aromatic rings. The molecular formula is C28H37N9O9P2S2. The van der Waals surface area contributed by atoms with Crippen LogP contribution in [0.15, 0.2) is 25.0 Å². The van der Waals surface area contributed by atoms with Crippen LogP contribution in [0.3, 0.4) is 0 Å². The number of ether oxygens (including phenoxy) is 2. The molecule has 7 N–H and O–H groups in total. The number of nitrogen functional groups attached to an aromatic ring is 1. The molecule has 270 valence electrons. The highest BCUT2D eigenvalue weighted by Gasteiger charge is 2.51. The molecule has 4 aliphatic rings. The second-order valence-electron chi connectivity index (χ2n) is 12.6. The van der Waals surface area contributed by atoms with Gasteiger partial charge in [0.1, 0.15) is 66.2 Å². The van der Waals surface area contributed by atoms with Gasteiger partial charge in [-0.2, -0.15) is 0 Å². The van der Waals surface area contributed by atoms with E-state index in [-0.39, 0.29) is 25.5 Å². The first-order valence-electron chi connectivity index (χ1n) is 16.2. The van der Waals surface area contributed by atoms with Crippen molar-refractivity contribution in [3.05, 3.63) is 36.2 Å². The molecule has 3 saturated heterocycles. The molecule has 0 aromatic carbocycles. The van der Waals surface area contributed by atoms with E-state index >= 15 is 0 Å². The van der Waals surface area contributed by atoms with Gasteiger partial charge in [-0.05, 0) is 55.2 Å². The van der Waals surface area contributed by atoms with E-state index in [0.29, 0.717) is 36.1 Å². The first kappa shape index (κ1) is 34.8. The van der Waals surface area contributed by atoms with Crippen LogP contribution in [-0.2, 0) is 56.8 Å². The Morgan fingerprint density at radius 1 is 1.02 bits per heavy atom. The number of anilines is 2. The number of rotatable bonds is 5. The molecule has 18 nitrogen and oxygen atoms in total. The minimum atomic E-state index is -4.21. The lowest BCUT2D eigenvalue weighted by Crippen LogP contribution is -2.35. The van der Waals surface area contributed by atoms with E-state index in [1.165, 1.54) is 12.7 Å². The van der Waals surface area contributed by atoms with Crippen molar-refractivity contribution in [3.8, 4) is 0 Å². The van der Waals surface area contributed by atoms with Gasteiger partial charge in [0.25, 0.3) is 0 Å². The van der Waals surface area contributed by atoms with Crippen LogP contribution in [0.25, 0.3) is 22.1 Å². The van der Waals surface area contributed by atoms with Crippen LogP contribution in [0.5, 0.6) is 0 Å². The number of fused-ring (bicyclic) bond motifs is 4. The van der Waals surface area contributed by atoms with Gasteiger partial charge in [0, 0.05) is 25.4 Å². The molecule has 50 heavy (non-hydrogen) atoms. The Balaban J connectivity index is 1.09. The largest absolute Gasteiger partial charge is 0.387 e. The van der Waals surface area contributed by atoms with Crippen molar-refractivity contribution in [3.63, 3.8) is 0 Å². The van der Waals surface area contributed by atoms with E-state index in [0.717, 1.165) is 41.7 Å². The van der Waals surface area contributed by atoms with Crippen LogP contribution in [0.4, 0.5) is 11.6 Å². The van der Waals surface area contributed by atoms with Crippen LogP contribution in [0.1, 0.15) is 42.8 Å². The van der Waals surface area contributed by atoms with E-state index in [4.69, 9.17) is 50.8 Å². The summed E-state index contributed by atoms with van der Waals surface area (Å²) in [5.74, 6) is 1.00. The SMILES string of the molecule is NCCCc1cn([C@@H]2O[C@@H]3COP(O)(=S)O[C@H]4C[C@H](n5cc6c7c(ncnc75)NCCC6)O[C@@H]4COP(=O)(S)O[C@@H]2[C@@H]3O)c2ncnc(N)c12. The molecule has 2 bridgehead atoms. The summed E-state index contributed by atoms with van der Waals surface area (Å²) in [5, 5.41) is 16.3. The number of nitrogens with zero attached hydrogens (tertiary/aromatic N) is 6. The average molecular weight is 770 g/mol. The summed E-state index contributed by atoms with van der Waals surface area (Å²) in [6, 6.07) is 0. The number of aliphatic hydroxyl groups excluding tert-OH is 1. The minimum Gasteiger partial charge on any atom is -0.387 e. The Morgan fingerprint density at radius 3 is 2.62 bits per heavy atom. The molecule has 3 fully saturated rings. The number of aromatic nitrogens is 6. The van der Waals surface area contributed by atoms with Crippen LogP contribution < -0.4 is 16.8 Å². The fourth-order valence-electron chi connectivity index (χ4n) is 7.10. The van der Waals surface area contributed by atoms with Gasteiger partial charge in [0.2, 0.25) is 0 Å². The Hall–Kier alpha value is -2.29. The summed E-state index contributed by atoms with van der Waals surface area (Å²) in [6.07, 6.45) is 2.52. The lowest BCUT2D eigenvalue weighted by atomic mass is 10.1. The van der Waals surface area contributed by atoms with Crippen molar-refractivity contribution in [2.24, 2.45) is 5.73 Å². The molecule has 8 rings (SSSR count). The molecule has 22 heteroatoms. The highest BCUT2D eigenvalue weighted by atomic mass is 32.7. The van der Waals surface area contributed by atoms with E-state index in [1.54, 1.807) is 10.8 Å². The molecule has 9 atom stereocenters. The molecule has 0 aliphatic carbocycles. The zero-order chi connectivity index (χ0) is 34.8. The minimum absolute atomic E-state index is 0.232. The van der Waals surface area contributed by atoms with E-state index in [1.807, 2.05) is 10.8 Å². The summed E-state index contributed by atoms with van der Waals surface area (Å²) in [7, 11) is 0.